The van der Waals surface area contributed by atoms with Crippen LogP contribution in [0.15, 0.2) is 18.2 Å². The maximum atomic E-state index is 5.82. The zero-order chi connectivity index (χ0) is 13.8. The molecule has 0 atom stereocenters. The molecule has 0 aromatic heterocycles. The molecule has 0 aliphatic carbocycles. The predicted octanol–water partition coefficient (Wildman–Crippen LogP) is 1.48. The van der Waals surface area contributed by atoms with E-state index >= 15 is 0 Å². The van der Waals surface area contributed by atoms with Crippen LogP contribution in [0.4, 0.5) is 5.69 Å². The van der Waals surface area contributed by atoms with Crippen LogP contribution in [0.1, 0.15) is 18.4 Å². The molecule has 0 bridgehead atoms. The van der Waals surface area contributed by atoms with Crippen molar-refractivity contribution in [2.75, 3.05) is 50.8 Å². The summed E-state index contributed by atoms with van der Waals surface area (Å²) in [7, 11) is 0. The van der Waals surface area contributed by atoms with Crippen LogP contribution in [0, 0.1) is 0 Å². The van der Waals surface area contributed by atoms with Crippen molar-refractivity contribution >= 4 is 5.69 Å². The first-order valence-corrected chi connectivity index (χ1v) is 7.80. The highest BCUT2D eigenvalue weighted by atomic mass is 16.5. The van der Waals surface area contributed by atoms with Gasteiger partial charge in [0.25, 0.3) is 0 Å². The molecule has 2 N–H and O–H groups in total. The van der Waals surface area contributed by atoms with Crippen molar-refractivity contribution in [3.05, 3.63) is 23.8 Å². The van der Waals surface area contributed by atoms with Crippen molar-refractivity contribution in [1.82, 2.24) is 4.90 Å². The van der Waals surface area contributed by atoms with Gasteiger partial charge in [-0.15, -0.1) is 0 Å². The number of hydrogen-bond acceptors (Lipinski definition) is 4. The normalized spacial score (nSPS) is 18.9. The summed E-state index contributed by atoms with van der Waals surface area (Å²) in [6, 6.07) is 6.56. The summed E-state index contributed by atoms with van der Waals surface area (Å²) in [5.74, 6) is 1.13. The number of ether oxygens (including phenoxy) is 1. The van der Waals surface area contributed by atoms with Crippen LogP contribution < -0.4 is 15.4 Å². The fourth-order valence-electron chi connectivity index (χ4n) is 3.14. The molecular formula is C16H25N3O. The second-order valence-corrected chi connectivity index (χ2v) is 5.69. The van der Waals surface area contributed by atoms with E-state index in [1.807, 2.05) is 0 Å². The van der Waals surface area contributed by atoms with Crippen LogP contribution in [0.3, 0.4) is 0 Å². The van der Waals surface area contributed by atoms with Gasteiger partial charge in [-0.25, -0.2) is 0 Å². The molecule has 2 heterocycles. The number of nitrogens with zero attached hydrogens (tertiary/aromatic N) is 2. The minimum absolute atomic E-state index is 0.813. The number of para-hydroxylation sites is 1. The molecule has 0 saturated carbocycles. The number of hydrogen-bond donors (Lipinski definition) is 1. The fraction of sp³-hybridized carbons (Fsp3) is 0.625. The lowest BCUT2D eigenvalue weighted by atomic mass is 10.1. The van der Waals surface area contributed by atoms with Crippen LogP contribution in [-0.4, -0.2) is 50.8 Å². The fourth-order valence-corrected chi connectivity index (χ4v) is 3.14. The van der Waals surface area contributed by atoms with Gasteiger partial charge in [-0.2, -0.15) is 0 Å². The Balaban J connectivity index is 1.57. The summed E-state index contributed by atoms with van der Waals surface area (Å²) in [5, 5.41) is 0. The van der Waals surface area contributed by atoms with Crippen LogP contribution in [0.5, 0.6) is 5.75 Å². The van der Waals surface area contributed by atoms with Crippen LogP contribution in [-0.2, 0) is 6.42 Å². The Kier molecular flexibility index (Phi) is 4.43. The number of piperazine rings is 1. The van der Waals surface area contributed by atoms with Gasteiger partial charge in [-0.3, -0.25) is 4.90 Å². The average molecular weight is 275 g/mol. The smallest absolute Gasteiger partial charge is 0.145 e. The van der Waals surface area contributed by atoms with Gasteiger partial charge >= 0.3 is 0 Å². The lowest BCUT2D eigenvalue weighted by molar-refractivity contribution is 0.252. The Hall–Kier alpha value is -1.26. The Morgan fingerprint density at radius 2 is 1.95 bits per heavy atom. The second kappa shape index (κ2) is 6.46. The number of anilines is 1. The Morgan fingerprint density at radius 1 is 1.10 bits per heavy atom. The minimum atomic E-state index is 0.813. The molecule has 1 saturated heterocycles. The standard InChI is InChI=1S/C16H25N3O/c17-7-1-2-8-18-9-11-19(12-10-18)15-5-3-4-14-6-13-20-16(14)15/h3-5H,1-2,6-13,17H2. The lowest BCUT2D eigenvalue weighted by Crippen LogP contribution is -2.46. The van der Waals surface area contributed by atoms with Gasteiger partial charge in [0.1, 0.15) is 5.75 Å². The SMILES string of the molecule is NCCCCN1CCN(c2cccc3c2OCC3)CC1. The maximum Gasteiger partial charge on any atom is 0.145 e. The maximum absolute atomic E-state index is 5.82. The van der Waals surface area contributed by atoms with Crippen molar-refractivity contribution in [3.8, 4) is 5.75 Å². The quantitative estimate of drug-likeness (QED) is 0.827. The molecule has 2 aliphatic heterocycles. The molecule has 20 heavy (non-hydrogen) atoms. The molecule has 1 aromatic rings. The highest BCUT2D eigenvalue weighted by Gasteiger charge is 2.23. The highest BCUT2D eigenvalue weighted by molar-refractivity contribution is 5.63. The van der Waals surface area contributed by atoms with Crippen molar-refractivity contribution < 1.29 is 4.74 Å². The zero-order valence-corrected chi connectivity index (χ0v) is 12.2. The zero-order valence-electron chi connectivity index (χ0n) is 12.2. The second-order valence-electron chi connectivity index (χ2n) is 5.69. The van der Waals surface area contributed by atoms with E-state index in [4.69, 9.17) is 10.5 Å². The molecule has 110 valence electrons. The minimum Gasteiger partial charge on any atom is -0.491 e. The van der Waals surface area contributed by atoms with E-state index in [9.17, 15) is 0 Å². The first kappa shape index (κ1) is 13.7. The average Bonchev–Trinajstić information content (AvgIpc) is 2.97. The Labute approximate surface area is 121 Å². The van der Waals surface area contributed by atoms with Gasteiger partial charge in [0.2, 0.25) is 0 Å². The number of rotatable bonds is 5. The first-order valence-electron chi connectivity index (χ1n) is 7.80. The molecule has 2 aliphatic rings. The number of nitrogens with two attached hydrogens (primary N) is 1. The van der Waals surface area contributed by atoms with E-state index in [1.54, 1.807) is 0 Å². The molecule has 1 fully saturated rings. The summed E-state index contributed by atoms with van der Waals surface area (Å²) in [5.41, 5.74) is 8.22. The molecule has 4 nitrogen and oxygen atoms in total. The molecule has 0 spiro atoms. The van der Waals surface area contributed by atoms with Gasteiger partial charge in [0.05, 0.1) is 12.3 Å². The number of fused-ring (bicyclic) bond motifs is 1. The molecule has 0 amide bonds. The van der Waals surface area contributed by atoms with Gasteiger partial charge < -0.3 is 15.4 Å². The Bertz CT molecular complexity index is 441. The van der Waals surface area contributed by atoms with E-state index in [-0.39, 0.29) is 0 Å². The summed E-state index contributed by atoms with van der Waals surface area (Å²) >= 11 is 0. The number of benzene rings is 1. The van der Waals surface area contributed by atoms with E-state index in [0.717, 1.165) is 57.9 Å². The van der Waals surface area contributed by atoms with E-state index < -0.39 is 0 Å². The predicted molar refractivity (Wildman–Crippen MR) is 82.6 cm³/mol. The Morgan fingerprint density at radius 3 is 2.75 bits per heavy atom. The van der Waals surface area contributed by atoms with Crippen molar-refractivity contribution in [1.29, 1.82) is 0 Å². The summed E-state index contributed by atoms with van der Waals surface area (Å²) in [6.45, 7) is 7.33. The third kappa shape index (κ3) is 2.91. The van der Waals surface area contributed by atoms with Crippen molar-refractivity contribution in [3.63, 3.8) is 0 Å². The topological polar surface area (TPSA) is 41.7 Å². The van der Waals surface area contributed by atoms with E-state index in [1.165, 1.54) is 24.2 Å². The monoisotopic (exact) mass is 275 g/mol. The molecule has 0 radical (unpaired) electrons. The summed E-state index contributed by atoms with van der Waals surface area (Å²) in [6.07, 6.45) is 3.42. The van der Waals surface area contributed by atoms with E-state index in [0.29, 0.717) is 0 Å². The third-order valence-corrected chi connectivity index (χ3v) is 4.34. The summed E-state index contributed by atoms with van der Waals surface area (Å²) in [4.78, 5) is 5.03. The number of unbranched alkanes of at least 4 members (excludes halogenated alkanes) is 1. The molecular weight excluding hydrogens is 250 g/mol. The molecule has 3 rings (SSSR count). The van der Waals surface area contributed by atoms with Gasteiger partial charge in [-0.1, -0.05) is 12.1 Å². The van der Waals surface area contributed by atoms with Crippen molar-refractivity contribution in [2.24, 2.45) is 5.73 Å². The third-order valence-electron chi connectivity index (χ3n) is 4.34. The van der Waals surface area contributed by atoms with E-state index in [2.05, 4.69) is 28.0 Å². The first-order chi connectivity index (χ1) is 9.88. The lowest BCUT2D eigenvalue weighted by Gasteiger charge is -2.36. The van der Waals surface area contributed by atoms with Crippen molar-refractivity contribution in [2.45, 2.75) is 19.3 Å². The van der Waals surface area contributed by atoms with Crippen LogP contribution >= 0.6 is 0 Å². The molecule has 1 aromatic carbocycles. The van der Waals surface area contributed by atoms with Crippen LogP contribution in [0.2, 0.25) is 0 Å². The van der Waals surface area contributed by atoms with Gasteiger partial charge in [-0.05, 0) is 37.6 Å². The van der Waals surface area contributed by atoms with Gasteiger partial charge in [0, 0.05) is 32.6 Å². The highest BCUT2D eigenvalue weighted by Crippen LogP contribution is 2.36. The van der Waals surface area contributed by atoms with Gasteiger partial charge in [0.15, 0.2) is 0 Å². The van der Waals surface area contributed by atoms with Crippen LogP contribution in [0.25, 0.3) is 0 Å². The molecule has 4 heteroatoms. The summed E-state index contributed by atoms with van der Waals surface area (Å²) < 4.78 is 5.82. The largest absolute Gasteiger partial charge is 0.491 e. The molecule has 0 unspecified atom stereocenters.